The van der Waals surface area contributed by atoms with Crippen molar-refractivity contribution in [3.05, 3.63) is 30.1 Å². The van der Waals surface area contributed by atoms with E-state index in [0.29, 0.717) is 11.8 Å². The first-order valence-corrected chi connectivity index (χ1v) is 5.81. The third kappa shape index (κ3) is 4.29. The van der Waals surface area contributed by atoms with Crippen molar-refractivity contribution in [2.75, 3.05) is 20.2 Å². The minimum absolute atomic E-state index is 0.259. The lowest BCUT2D eigenvalue weighted by Gasteiger charge is -2.25. The molecule has 90 valence electrons. The van der Waals surface area contributed by atoms with Crippen molar-refractivity contribution in [2.24, 2.45) is 11.8 Å². The van der Waals surface area contributed by atoms with Crippen LogP contribution < -0.4 is 0 Å². The van der Waals surface area contributed by atoms with Gasteiger partial charge in [0.05, 0.1) is 0 Å². The molecule has 0 amide bonds. The molecular weight excluding hydrogens is 200 g/mol. The fourth-order valence-corrected chi connectivity index (χ4v) is 1.75. The van der Waals surface area contributed by atoms with Crippen LogP contribution in [-0.2, 0) is 6.54 Å². The summed E-state index contributed by atoms with van der Waals surface area (Å²) in [6, 6.07) is 4.03. The Balaban J connectivity index is 2.44. The maximum atomic E-state index is 9.27. The molecule has 1 aromatic rings. The molecule has 0 fully saturated rings. The highest BCUT2D eigenvalue weighted by molar-refractivity contribution is 5.07. The second-order valence-corrected chi connectivity index (χ2v) is 4.74. The number of nitrogens with zero attached hydrogens (tertiary/aromatic N) is 2. The van der Waals surface area contributed by atoms with Crippen LogP contribution in [0.1, 0.15) is 19.4 Å². The SMILES string of the molecule is CC(C)C(CO)CN(C)Cc1cccnc1. The number of aliphatic hydroxyl groups excluding tert-OH is 1. The topological polar surface area (TPSA) is 36.4 Å². The van der Waals surface area contributed by atoms with E-state index < -0.39 is 0 Å². The summed E-state index contributed by atoms with van der Waals surface area (Å²) >= 11 is 0. The van der Waals surface area contributed by atoms with Crippen LogP contribution in [0, 0.1) is 11.8 Å². The van der Waals surface area contributed by atoms with Crippen LogP contribution in [0.2, 0.25) is 0 Å². The van der Waals surface area contributed by atoms with E-state index in [-0.39, 0.29) is 6.61 Å². The zero-order valence-electron chi connectivity index (χ0n) is 10.4. The van der Waals surface area contributed by atoms with E-state index >= 15 is 0 Å². The Labute approximate surface area is 98.1 Å². The highest BCUT2D eigenvalue weighted by Crippen LogP contribution is 2.12. The van der Waals surface area contributed by atoms with E-state index in [1.54, 1.807) is 6.20 Å². The molecule has 1 atom stereocenters. The Morgan fingerprint density at radius 3 is 2.69 bits per heavy atom. The van der Waals surface area contributed by atoms with E-state index in [1.807, 2.05) is 12.3 Å². The molecule has 0 radical (unpaired) electrons. The summed E-state index contributed by atoms with van der Waals surface area (Å²) in [5.41, 5.74) is 1.21. The zero-order chi connectivity index (χ0) is 12.0. The van der Waals surface area contributed by atoms with Gasteiger partial charge in [-0.15, -0.1) is 0 Å². The minimum atomic E-state index is 0.259. The summed E-state index contributed by atoms with van der Waals surface area (Å²) in [4.78, 5) is 6.33. The Morgan fingerprint density at radius 1 is 1.44 bits per heavy atom. The second-order valence-electron chi connectivity index (χ2n) is 4.74. The highest BCUT2D eigenvalue weighted by atomic mass is 16.3. The van der Waals surface area contributed by atoms with E-state index in [1.165, 1.54) is 5.56 Å². The quantitative estimate of drug-likeness (QED) is 0.797. The van der Waals surface area contributed by atoms with Gasteiger partial charge >= 0.3 is 0 Å². The lowest BCUT2D eigenvalue weighted by Crippen LogP contribution is -2.30. The molecule has 0 spiro atoms. The average Bonchev–Trinajstić information content (AvgIpc) is 2.27. The Bertz CT molecular complexity index is 287. The van der Waals surface area contributed by atoms with Crippen LogP contribution >= 0.6 is 0 Å². The van der Waals surface area contributed by atoms with Crippen LogP contribution in [0.5, 0.6) is 0 Å². The molecule has 0 bridgehead atoms. The summed E-state index contributed by atoms with van der Waals surface area (Å²) in [6.07, 6.45) is 3.67. The van der Waals surface area contributed by atoms with Crippen molar-refractivity contribution in [3.8, 4) is 0 Å². The standard InChI is InChI=1S/C13H22N2O/c1-11(2)13(10-16)9-15(3)8-12-5-4-6-14-7-12/h4-7,11,13,16H,8-10H2,1-3H3. The molecule has 3 nitrogen and oxygen atoms in total. The fourth-order valence-electron chi connectivity index (χ4n) is 1.75. The van der Waals surface area contributed by atoms with Gasteiger partial charge in [-0.25, -0.2) is 0 Å². The molecule has 0 aromatic carbocycles. The normalized spacial score (nSPS) is 13.4. The summed E-state index contributed by atoms with van der Waals surface area (Å²) < 4.78 is 0. The Morgan fingerprint density at radius 2 is 2.19 bits per heavy atom. The molecule has 1 heterocycles. The Hall–Kier alpha value is -0.930. The predicted molar refractivity (Wildman–Crippen MR) is 66.0 cm³/mol. The Kier molecular flexibility index (Phi) is 5.43. The second kappa shape index (κ2) is 6.61. The smallest absolute Gasteiger partial charge is 0.0473 e. The van der Waals surface area contributed by atoms with Crippen LogP contribution in [0.15, 0.2) is 24.5 Å². The van der Waals surface area contributed by atoms with Gasteiger partial charge in [0.25, 0.3) is 0 Å². The van der Waals surface area contributed by atoms with Crippen LogP contribution in [-0.4, -0.2) is 35.2 Å². The van der Waals surface area contributed by atoms with E-state index in [9.17, 15) is 5.11 Å². The van der Waals surface area contributed by atoms with E-state index in [2.05, 4.69) is 36.8 Å². The van der Waals surface area contributed by atoms with E-state index in [0.717, 1.165) is 13.1 Å². The summed E-state index contributed by atoms with van der Waals surface area (Å²) in [7, 11) is 2.08. The minimum Gasteiger partial charge on any atom is -0.396 e. The van der Waals surface area contributed by atoms with Crippen LogP contribution in [0.25, 0.3) is 0 Å². The molecule has 0 saturated carbocycles. The van der Waals surface area contributed by atoms with Gasteiger partial charge in [-0.05, 0) is 30.5 Å². The van der Waals surface area contributed by atoms with Crippen molar-refractivity contribution in [1.29, 1.82) is 0 Å². The molecule has 0 aliphatic heterocycles. The summed E-state index contributed by atoms with van der Waals surface area (Å²) in [5.74, 6) is 0.864. The maximum absolute atomic E-state index is 9.27. The highest BCUT2D eigenvalue weighted by Gasteiger charge is 2.14. The number of aromatic nitrogens is 1. The molecule has 1 aromatic heterocycles. The number of pyridine rings is 1. The lowest BCUT2D eigenvalue weighted by molar-refractivity contribution is 0.143. The van der Waals surface area contributed by atoms with Gasteiger partial charge < -0.3 is 10.0 Å². The predicted octanol–water partition coefficient (Wildman–Crippen LogP) is 1.78. The number of aliphatic hydroxyl groups is 1. The van der Waals surface area contributed by atoms with Crippen molar-refractivity contribution >= 4 is 0 Å². The monoisotopic (exact) mass is 222 g/mol. The van der Waals surface area contributed by atoms with Crippen LogP contribution in [0.3, 0.4) is 0 Å². The molecule has 0 aliphatic rings. The zero-order valence-corrected chi connectivity index (χ0v) is 10.4. The molecular formula is C13H22N2O. The first-order valence-electron chi connectivity index (χ1n) is 5.81. The summed E-state index contributed by atoms with van der Waals surface area (Å²) in [5, 5.41) is 9.27. The molecule has 16 heavy (non-hydrogen) atoms. The third-order valence-electron chi connectivity index (χ3n) is 2.90. The van der Waals surface area contributed by atoms with Gasteiger partial charge in [-0.1, -0.05) is 19.9 Å². The van der Waals surface area contributed by atoms with Gasteiger partial charge in [0, 0.05) is 32.1 Å². The average molecular weight is 222 g/mol. The largest absolute Gasteiger partial charge is 0.396 e. The van der Waals surface area contributed by atoms with Gasteiger partial charge in [0.2, 0.25) is 0 Å². The first kappa shape index (κ1) is 13.1. The van der Waals surface area contributed by atoms with Crippen LogP contribution in [0.4, 0.5) is 0 Å². The number of hydrogen-bond donors (Lipinski definition) is 1. The molecule has 1 rings (SSSR count). The van der Waals surface area contributed by atoms with Gasteiger partial charge in [-0.2, -0.15) is 0 Å². The van der Waals surface area contributed by atoms with Gasteiger partial charge in [0.15, 0.2) is 0 Å². The fraction of sp³-hybridized carbons (Fsp3) is 0.615. The molecule has 0 aliphatic carbocycles. The van der Waals surface area contributed by atoms with Crippen molar-refractivity contribution in [1.82, 2.24) is 9.88 Å². The van der Waals surface area contributed by atoms with Crippen molar-refractivity contribution in [2.45, 2.75) is 20.4 Å². The number of hydrogen-bond acceptors (Lipinski definition) is 3. The van der Waals surface area contributed by atoms with Gasteiger partial charge in [-0.3, -0.25) is 4.98 Å². The lowest BCUT2D eigenvalue weighted by atomic mass is 9.96. The third-order valence-corrected chi connectivity index (χ3v) is 2.90. The molecule has 1 unspecified atom stereocenters. The molecule has 3 heteroatoms. The maximum Gasteiger partial charge on any atom is 0.0473 e. The van der Waals surface area contributed by atoms with Gasteiger partial charge in [0.1, 0.15) is 0 Å². The molecule has 0 saturated heterocycles. The number of rotatable bonds is 6. The first-order chi connectivity index (χ1) is 7.63. The van der Waals surface area contributed by atoms with E-state index in [4.69, 9.17) is 0 Å². The molecule has 1 N–H and O–H groups in total. The van der Waals surface area contributed by atoms with Crippen molar-refractivity contribution in [3.63, 3.8) is 0 Å². The summed E-state index contributed by atoms with van der Waals surface area (Å²) in [6.45, 7) is 6.37. The van der Waals surface area contributed by atoms with Crippen molar-refractivity contribution < 1.29 is 5.11 Å².